The summed E-state index contributed by atoms with van der Waals surface area (Å²) in [7, 11) is 0. The van der Waals surface area contributed by atoms with Crippen molar-refractivity contribution in [1.82, 2.24) is 0 Å². The summed E-state index contributed by atoms with van der Waals surface area (Å²) in [5.41, 5.74) is 2.28. The van der Waals surface area contributed by atoms with Crippen molar-refractivity contribution >= 4 is 30.1 Å². The molecule has 146 valence electrons. The van der Waals surface area contributed by atoms with Crippen molar-refractivity contribution in [3.8, 4) is 5.75 Å². The first kappa shape index (κ1) is 18.9. The minimum Gasteiger partial charge on any atom is -0.463 e. The van der Waals surface area contributed by atoms with Crippen LogP contribution >= 0.6 is 12.6 Å². The average molecular weight is 397 g/mol. The molecule has 2 heterocycles. The van der Waals surface area contributed by atoms with Crippen LogP contribution in [-0.4, -0.2) is 22.9 Å². The molecule has 0 radical (unpaired) electrons. The average Bonchev–Trinajstić information content (AvgIpc) is 2.86. The first-order valence-electron chi connectivity index (χ1n) is 9.55. The number of thiol groups is 1. The number of benzene rings is 2. The van der Waals surface area contributed by atoms with Crippen LogP contribution < -0.4 is 9.64 Å². The Morgan fingerprint density at radius 3 is 2.71 bits per heavy atom. The molecule has 28 heavy (non-hydrogen) atoms. The molecule has 0 aliphatic carbocycles. The topological polar surface area (TPSA) is 55.6 Å². The Kier molecular flexibility index (Phi) is 4.62. The highest BCUT2D eigenvalue weighted by Crippen LogP contribution is 2.55. The summed E-state index contributed by atoms with van der Waals surface area (Å²) in [5.74, 6) is 1.53. The maximum Gasteiger partial charge on any atom is 0.270 e. The van der Waals surface area contributed by atoms with Crippen molar-refractivity contribution in [2.75, 3.05) is 17.2 Å². The minimum absolute atomic E-state index is 0.0718. The van der Waals surface area contributed by atoms with E-state index in [2.05, 4.69) is 61.7 Å². The molecule has 1 atom stereocenters. The van der Waals surface area contributed by atoms with Crippen LogP contribution in [0.2, 0.25) is 0 Å². The van der Waals surface area contributed by atoms with Gasteiger partial charge in [0.15, 0.2) is 0 Å². The van der Waals surface area contributed by atoms with Crippen molar-refractivity contribution in [2.24, 2.45) is 0 Å². The lowest BCUT2D eigenvalue weighted by Crippen LogP contribution is -2.59. The molecule has 2 aliphatic heterocycles. The van der Waals surface area contributed by atoms with Gasteiger partial charge in [0.1, 0.15) is 5.75 Å². The summed E-state index contributed by atoms with van der Waals surface area (Å²) in [6.07, 6.45) is 6.08. The highest BCUT2D eigenvalue weighted by molar-refractivity contribution is 7.80. The van der Waals surface area contributed by atoms with E-state index in [1.54, 1.807) is 12.1 Å². The van der Waals surface area contributed by atoms with Crippen LogP contribution in [0.15, 0.2) is 48.5 Å². The van der Waals surface area contributed by atoms with Gasteiger partial charge in [0.2, 0.25) is 5.72 Å². The molecule has 0 saturated heterocycles. The lowest BCUT2D eigenvalue weighted by atomic mass is 9.76. The molecule has 0 amide bonds. The third kappa shape index (κ3) is 2.70. The Bertz CT molecular complexity index is 957. The molecule has 0 N–H and O–H groups in total. The molecular formula is C22H24N2O3S. The Hall–Kier alpha value is -2.47. The number of hydrogen-bond donors (Lipinski definition) is 1. The van der Waals surface area contributed by atoms with Gasteiger partial charge in [-0.15, -0.1) is 0 Å². The molecule has 0 saturated carbocycles. The van der Waals surface area contributed by atoms with Gasteiger partial charge in [-0.1, -0.05) is 18.2 Å². The molecule has 4 rings (SSSR count). The van der Waals surface area contributed by atoms with Crippen LogP contribution in [0.1, 0.15) is 37.8 Å². The highest BCUT2D eigenvalue weighted by atomic mass is 32.1. The molecule has 6 heteroatoms. The van der Waals surface area contributed by atoms with E-state index >= 15 is 0 Å². The van der Waals surface area contributed by atoms with E-state index in [0.29, 0.717) is 5.75 Å². The maximum absolute atomic E-state index is 11.1. The van der Waals surface area contributed by atoms with Gasteiger partial charge >= 0.3 is 0 Å². The molecule has 5 nitrogen and oxygen atoms in total. The van der Waals surface area contributed by atoms with Crippen LogP contribution in [0.3, 0.4) is 0 Å². The van der Waals surface area contributed by atoms with Gasteiger partial charge in [-0.3, -0.25) is 10.1 Å². The summed E-state index contributed by atoms with van der Waals surface area (Å²) >= 11 is 4.35. The number of unbranched alkanes of at least 4 members (excludes halogenated alkanes) is 1. The van der Waals surface area contributed by atoms with Crippen LogP contribution in [0, 0.1) is 10.1 Å². The highest BCUT2D eigenvalue weighted by Gasteiger charge is 2.58. The van der Waals surface area contributed by atoms with Gasteiger partial charge in [0, 0.05) is 29.9 Å². The SMILES string of the molecule is CC1(C)c2ccccc2N(CCCCS)C12C=Cc1cc([N+](=O)[O-])ccc1O2. The van der Waals surface area contributed by atoms with Gasteiger partial charge in [0.05, 0.1) is 10.3 Å². The third-order valence-corrected chi connectivity index (χ3v) is 6.23. The Morgan fingerprint density at radius 1 is 1.18 bits per heavy atom. The molecular weight excluding hydrogens is 372 g/mol. The quantitative estimate of drug-likeness (QED) is 0.326. The van der Waals surface area contributed by atoms with Gasteiger partial charge in [-0.2, -0.15) is 12.6 Å². The molecule has 2 aromatic rings. The maximum atomic E-state index is 11.1. The van der Waals surface area contributed by atoms with Crippen LogP contribution in [0.25, 0.3) is 6.08 Å². The molecule has 1 spiro atoms. The van der Waals surface area contributed by atoms with E-state index in [-0.39, 0.29) is 16.0 Å². The number of nitrogens with zero attached hydrogens (tertiary/aromatic N) is 2. The van der Waals surface area contributed by atoms with Gasteiger partial charge < -0.3 is 9.64 Å². The van der Waals surface area contributed by atoms with Gasteiger partial charge in [-0.25, -0.2) is 0 Å². The smallest absolute Gasteiger partial charge is 0.270 e. The fourth-order valence-corrected chi connectivity index (χ4v) is 4.60. The number of fused-ring (bicyclic) bond motifs is 2. The number of hydrogen-bond acceptors (Lipinski definition) is 5. The van der Waals surface area contributed by atoms with E-state index in [4.69, 9.17) is 4.74 Å². The number of ether oxygens (including phenoxy) is 1. The Balaban J connectivity index is 1.80. The molecule has 2 aromatic carbocycles. The summed E-state index contributed by atoms with van der Waals surface area (Å²) in [5, 5.41) is 11.1. The van der Waals surface area contributed by atoms with Crippen molar-refractivity contribution in [3.63, 3.8) is 0 Å². The van der Waals surface area contributed by atoms with Crippen LogP contribution in [-0.2, 0) is 5.41 Å². The number of rotatable bonds is 5. The van der Waals surface area contributed by atoms with Gasteiger partial charge in [0.25, 0.3) is 5.69 Å². The first-order valence-corrected chi connectivity index (χ1v) is 10.2. The lowest BCUT2D eigenvalue weighted by molar-refractivity contribution is -0.384. The summed E-state index contributed by atoms with van der Waals surface area (Å²) in [6.45, 7) is 5.25. The van der Waals surface area contributed by atoms with Gasteiger partial charge in [-0.05, 0) is 62.3 Å². The normalized spacial score (nSPS) is 21.3. The van der Waals surface area contributed by atoms with Crippen LogP contribution in [0.4, 0.5) is 11.4 Å². The third-order valence-electron chi connectivity index (χ3n) is 5.91. The zero-order valence-electron chi connectivity index (χ0n) is 16.1. The minimum atomic E-state index is -0.670. The predicted molar refractivity (Wildman–Crippen MR) is 115 cm³/mol. The summed E-state index contributed by atoms with van der Waals surface area (Å²) < 4.78 is 6.65. The number of nitro benzene ring substituents is 1. The molecule has 0 aromatic heterocycles. The number of non-ortho nitro benzene ring substituents is 1. The van der Waals surface area contributed by atoms with Crippen molar-refractivity contribution in [2.45, 2.75) is 37.8 Å². The molecule has 2 aliphatic rings. The van der Waals surface area contributed by atoms with Crippen molar-refractivity contribution < 1.29 is 9.66 Å². The van der Waals surface area contributed by atoms with E-state index < -0.39 is 5.72 Å². The zero-order valence-corrected chi connectivity index (χ0v) is 17.0. The molecule has 0 fully saturated rings. The fraction of sp³-hybridized carbons (Fsp3) is 0.364. The largest absolute Gasteiger partial charge is 0.463 e. The number of nitro groups is 1. The zero-order chi connectivity index (χ0) is 19.9. The van der Waals surface area contributed by atoms with E-state index in [9.17, 15) is 10.1 Å². The second-order valence-corrected chi connectivity index (χ2v) is 8.28. The first-order chi connectivity index (χ1) is 13.4. The number of anilines is 1. The van der Waals surface area contributed by atoms with Crippen molar-refractivity contribution in [3.05, 3.63) is 69.8 Å². The standard InChI is InChI=1S/C22H24N2O3S/c1-21(2)18-7-3-4-8-19(18)23(13-5-6-14-28)22(21)12-11-16-15-17(24(25)26)9-10-20(16)27-22/h3-4,7-12,15,28H,5-6,13-14H2,1-2H3. The summed E-state index contributed by atoms with van der Waals surface area (Å²) in [6, 6.07) is 13.2. The van der Waals surface area contributed by atoms with Crippen LogP contribution in [0.5, 0.6) is 5.75 Å². The Labute approximate surface area is 170 Å². The predicted octanol–water partition coefficient (Wildman–Crippen LogP) is 5.20. The second kappa shape index (κ2) is 6.85. The van der Waals surface area contributed by atoms with E-state index in [1.807, 2.05) is 6.08 Å². The van der Waals surface area contributed by atoms with E-state index in [1.165, 1.54) is 17.3 Å². The van der Waals surface area contributed by atoms with Crippen molar-refractivity contribution in [1.29, 1.82) is 0 Å². The second-order valence-electron chi connectivity index (χ2n) is 7.84. The summed E-state index contributed by atoms with van der Waals surface area (Å²) in [4.78, 5) is 13.1. The number of para-hydroxylation sites is 1. The molecule has 0 bridgehead atoms. The lowest BCUT2D eigenvalue weighted by Gasteiger charge is -2.47. The molecule has 1 unspecified atom stereocenters. The monoisotopic (exact) mass is 396 g/mol. The Morgan fingerprint density at radius 2 is 1.96 bits per heavy atom. The fourth-order valence-electron chi connectivity index (χ4n) is 4.37. The van der Waals surface area contributed by atoms with E-state index in [0.717, 1.165) is 30.7 Å².